The first-order valence-corrected chi connectivity index (χ1v) is 5.22. The summed E-state index contributed by atoms with van der Waals surface area (Å²) in [5.41, 5.74) is 2.51. The molecular weight excluding hydrogens is 172 g/mol. The maximum absolute atomic E-state index is 11.1. The van der Waals surface area contributed by atoms with Gasteiger partial charge in [0, 0.05) is 6.42 Å². The Labute approximate surface area is 86.1 Å². The molecule has 76 valence electrons. The minimum atomic E-state index is 0.237. The molecule has 1 aromatic carbocycles. The Kier molecular flexibility index (Phi) is 3.87. The molecule has 0 aromatic heterocycles. The molecule has 1 rings (SSSR count). The fraction of sp³-hybridized carbons (Fsp3) is 0.462. The van der Waals surface area contributed by atoms with Gasteiger partial charge in [0.1, 0.15) is 5.78 Å². The van der Waals surface area contributed by atoms with Crippen molar-refractivity contribution in [2.75, 3.05) is 0 Å². The highest BCUT2D eigenvalue weighted by Gasteiger charge is 2.09. The molecular formula is C13H18O. The average molecular weight is 190 g/mol. The van der Waals surface area contributed by atoms with Crippen LogP contribution in [0.5, 0.6) is 0 Å². The number of Topliss-reactive ketones (excluding diaryl/α,β-unsaturated/α-hetero) is 1. The first-order chi connectivity index (χ1) is 6.65. The molecule has 1 aromatic rings. The Morgan fingerprint density at radius 3 is 2.57 bits per heavy atom. The van der Waals surface area contributed by atoms with Crippen LogP contribution in [0.4, 0.5) is 0 Å². The van der Waals surface area contributed by atoms with Crippen LogP contribution in [-0.2, 0) is 11.2 Å². The maximum atomic E-state index is 11.1. The summed E-state index contributed by atoms with van der Waals surface area (Å²) in [6.45, 7) is 6.03. The van der Waals surface area contributed by atoms with E-state index in [2.05, 4.69) is 26.0 Å². The van der Waals surface area contributed by atoms with Crippen molar-refractivity contribution in [3.63, 3.8) is 0 Å². The molecule has 0 aliphatic heterocycles. The number of hydrogen-bond donors (Lipinski definition) is 0. The second-order valence-corrected chi connectivity index (χ2v) is 3.89. The fourth-order valence-corrected chi connectivity index (χ4v) is 1.66. The van der Waals surface area contributed by atoms with Gasteiger partial charge < -0.3 is 0 Å². The number of hydrogen-bond acceptors (Lipinski definition) is 1. The summed E-state index contributed by atoms with van der Waals surface area (Å²) in [6.07, 6.45) is 1.69. The lowest BCUT2D eigenvalue weighted by atomic mass is 9.92. The second-order valence-electron chi connectivity index (χ2n) is 3.89. The smallest absolute Gasteiger partial charge is 0.134 e. The summed E-state index contributed by atoms with van der Waals surface area (Å²) in [5.74, 6) is 0.784. The molecule has 0 spiro atoms. The normalized spacial score (nSPS) is 12.5. The van der Waals surface area contributed by atoms with Gasteiger partial charge in [-0.05, 0) is 30.4 Å². The molecule has 1 heteroatoms. The molecule has 1 unspecified atom stereocenters. The zero-order valence-electron chi connectivity index (χ0n) is 9.21. The van der Waals surface area contributed by atoms with Crippen LogP contribution >= 0.6 is 0 Å². The van der Waals surface area contributed by atoms with Crippen molar-refractivity contribution in [1.82, 2.24) is 0 Å². The lowest BCUT2D eigenvalue weighted by Gasteiger charge is -2.13. The van der Waals surface area contributed by atoms with Gasteiger partial charge in [0.15, 0.2) is 0 Å². The molecule has 0 heterocycles. The molecule has 0 amide bonds. The van der Waals surface area contributed by atoms with E-state index in [9.17, 15) is 4.79 Å². The molecule has 1 nitrogen and oxygen atoms in total. The van der Waals surface area contributed by atoms with Crippen LogP contribution in [0.15, 0.2) is 24.3 Å². The van der Waals surface area contributed by atoms with Crippen molar-refractivity contribution >= 4 is 5.78 Å². The minimum Gasteiger partial charge on any atom is -0.300 e. The average Bonchev–Trinajstić information content (AvgIpc) is 2.16. The minimum absolute atomic E-state index is 0.237. The SMILES string of the molecule is CCC(C)c1ccccc1CC(C)=O. The van der Waals surface area contributed by atoms with Crippen LogP contribution in [0, 0.1) is 0 Å². The van der Waals surface area contributed by atoms with E-state index in [-0.39, 0.29) is 5.78 Å². The Bertz CT molecular complexity index is 315. The van der Waals surface area contributed by atoms with Gasteiger partial charge in [0.2, 0.25) is 0 Å². The first-order valence-electron chi connectivity index (χ1n) is 5.22. The molecule has 14 heavy (non-hydrogen) atoms. The maximum Gasteiger partial charge on any atom is 0.134 e. The molecule has 0 aliphatic rings. The first kappa shape index (κ1) is 11.0. The van der Waals surface area contributed by atoms with Gasteiger partial charge in [0.25, 0.3) is 0 Å². The highest BCUT2D eigenvalue weighted by Crippen LogP contribution is 2.22. The Morgan fingerprint density at radius 2 is 2.00 bits per heavy atom. The third-order valence-electron chi connectivity index (χ3n) is 2.64. The summed E-state index contributed by atoms with van der Waals surface area (Å²) >= 11 is 0. The standard InChI is InChI=1S/C13H18O/c1-4-10(2)13-8-6-5-7-12(13)9-11(3)14/h5-8,10H,4,9H2,1-3H3. The summed E-state index contributed by atoms with van der Waals surface area (Å²) in [6, 6.07) is 8.24. The number of carbonyl (C=O) groups excluding carboxylic acids is 1. The summed E-state index contributed by atoms with van der Waals surface area (Å²) < 4.78 is 0. The van der Waals surface area contributed by atoms with Crippen molar-refractivity contribution in [2.45, 2.75) is 39.5 Å². The van der Waals surface area contributed by atoms with Crippen molar-refractivity contribution in [1.29, 1.82) is 0 Å². The van der Waals surface area contributed by atoms with Crippen molar-refractivity contribution in [2.24, 2.45) is 0 Å². The molecule has 0 saturated heterocycles. The zero-order valence-corrected chi connectivity index (χ0v) is 9.21. The molecule has 0 radical (unpaired) electrons. The Hall–Kier alpha value is -1.11. The number of ketones is 1. The predicted octanol–water partition coefficient (Wildman–Crippen LogP) is 3.33. The number of rotatable bonds is 4. The largest absolute Gasteiger partial charge is 0.300 e. The van der Waals surface area contributed by atoms with Crippen LogP contribution in [0.1, 0.15) is 44.2 Å². The van der Waals surface area contributed by atoms with Gasteiger partial charge in [-0.1, -0.05) is 38.1 Å². The summed E-state index contributed by atoms with van der Waals surface area (Å²) in [4.78, 5) is 11.1. The quantitative estimate of drug-likeness (QED) is 0.711. The van der Waals surface area contributed by atoms with Crippen LogP contribution < -0.4 is 0 Å². The lowest BCUT2D eigenvalue weighted by Crippen LogP contribution is -2.03. The lowest BCUT2D eigenvalue weighted by molar-refractivity contribution is -0.116. The predicted molar refractivity (Wildman–Crippen MR) is 59.5 cm³/mol. The second kappa shape index (κ2) is 4.94. The summed E-state index contributed by atoms with van der Waals surface area (Å²) in [7, 11) is 0. The van der Waals surface area contributed by atoms with E-state index in [0.29, 0.717) is 12.3 Å². The van der Waals surface area contributed by atoms with Crippen LogP contribution in [0.3, 0.4) is 0 Å². The van der Waals surface area contributed by atoms with Gasteiger partial charge in [-0.3, -0.25) is 4.79 Å². The van der Waals surface area contributed by atoms with Crippen LogP contribution in [0.25, 0.3) is 0 Å². The molecule has 0 fully saturated rings. The monoisotopic (exact) mass is 190 g/mol. The van der Waals surface area contributed by atoms with E-state index < -0.39 is 0 Å². The topological polar surface area (TPSA) is 17.1 Å². The molecule has 0 bridgehead atoms. The van der Waals surface area contributed by atoms with E-state index >= 15 is 0 Å². The molecule has 0 saturated carbocycles. The van der Waals surface area contributed by atoms with Crippen molar-refractivity contribution in [3.05, 3.63) is 35.4 Å². The molecule has 1 atom stereocenters. The number of benzene rings is 1. The molecule has 0 N–H and O–H groups in total. The van der Waals surface area contributed by atoms with E-state index in [1.165, 1.54) is 11.1 Å². The third kappa shape index (κ3) is 2.69. The van der Waals surface area contributed by atoms with Gasteiger partial charge in [-0.25, -0.2) is 0 Å². The Morgan fingerprint density at radius 1 is 1.36 bits per heavy atom. The Balaban J connectivity index is 2.96. The highest BCUT2D eigenvalue weighted by atomic mass is 16.1. The van der Waals surface area contributed by atoms with E-state index in [1.54, 1.807) is 6.92 Å². The van der Waals surface area contributed by atoms with Crippen LogP contribution in [-0.4, -0.2) is 5.78 Å². The fourth-order valence-electron chi connectivity index (χ4n) is 1.66. The van der Waals surface area contributed by atoms with Gasteiger partial charge in [0.05, 0.1) is 0 Å². The van der Waals surface area contributed by atoms with E-state index in [4.69, 9.17) is 0 Å². The summed E-state index contributed by atoms with van der Waals surface area (Å²) in [5, 5.41) is 0. The molecule has 0 aliphatic carbocycles. The highest BCUT2D eigenvalue weighted by molar-refractivity contribution is 5.78. The van der Waals surface area contributed by atoms with E-state index in [1.807, 2.05) is 12.1 Å². The van der Waals surface area contributed by atoms with Gasteiger partial charge in [-0.2, -0.15) is 0 Å². The zero-order chi connectivity index (χ0) is 10.6. The van der Waals surface area contributed by atoms with Crippen molar-refractivity contribution in [3.8, 4) is 0 Å². The van der Waals surface area contributed by atoms with E-state index in [0.717, 1.165) is 6.42 Å². The van der Waals surface area contributed by atoms with Crippen LogP contribution in [0.2, 0.25) is 0 Å². The van der Waals surface area contributed by atoms with Crippen molar-refractivity contribution < 1.29 is 4.79 Å². The van der Waals surface area contributed by atoms with Gasteiger partial charge >= 0.3 is 0 Å². The third-order valence-corrected chi connectivity index (χ3v) is 2.64. The number of carbonyl (C=O) groups is 1. The van der Waals surface area contributed by atoms with Gasteiger partial charge in [-0.15, -0.1) is 0 Å².